The molecule has 1 aliphatic rings. The first-order valence-corrected chi connectivity index (χ1v) is 10.5. The van der Waals surface area contributed by atoms with Crippen molar-refractivity contribution in [3.8, 4) is 11.3 Å². The fourth-order valence-corrected chi connectivity index (χ4v) is 4.06. The maximum atomic E-state index is 13.2. The fraction of sp³-hybridized carbons (Fsp3) is 0.320. The van der Waals surface area contributed by atoms with Crippen LogP contribution in [0.3, 0.4) is 0 Å². The van der Waals surface area contributed by atoms with Crippen LogP contribution in [0.5, 0.6) is 0 Å². The van der Waals surface area contributed by atoms with Crippen molar-refractivity contribution >= 4 is 16.7 Å². The van der Waals surface area contributed by atoms with Crippen LogP contribution in [0.15, 0.2) is 65.9 Å². The molecule has 0 saturated carbocycles. The molecule has 3 aromatic rings. The van der Waals surface area contributed by atoms with Gasteiger partial charge in [-0.25, -0.2) is 9.37 Å². The maximum absolute atomic E-state index is 13.2. The number of fused-ring (bicyclic) bond motifs is 1. The number of pyridine rings is 1. The van der Waals surface area contributed by atoms with E-state index in [0.717, 1.165) is 46.9 Å². The van der Waals surface area contributed by atoms with E-state index in [9.17, 15) is 4.39 Å². The van der Waals surface area contributed by atoms with Gasteiger partial charge in [-0.1, -0.05) is 30.2 Å². The number of hydrogen-bond acceptors (Lipinski definition) is 2. The largest absolute Gasteiger partial charge is 0.380 e. The smallest absolute Gasteiger partial charge is 0.137 e. The molecular formula is C25H28FN3. The van der Waals surface area contributed by atoms with Crippen LogP contribution < -0.4 is 5.32 Å². The summed E-state index contributed by atoms with van der Waals surface area (Å²) >= 11 is 0. The van der Waals surface area contributed by atoms with Crippen molar-refractivity contribution in [3.63, 3.8) is 0 Å². The molecule has 1 atom stereocenters. The first-order chi connectivity index (χ1) is 14.1. The summed E-state index contributed by atoms with van der Waals surface area (Å²) in [7, 11) is 0. The summed E-state index contributed by atoms with van der Waals surface area (Å²) in [5.74, 6) is 0.490. The molecule has 2 aromatic heterocycles. The maximum Gasteiger partial charge on any atom is 0.137 e. The van der Waals surface area contributed by atoms with Crippen molar-refractivity contribution in [1.82, 2.24) is 9.97 Å². The minimum atomic E-state index is -0.228. The highest BCUT2D eigenvalue weighted by Crippen LogP contribution is 2.26. The lowest BCUT2D eigenvalue weighted by Gasteiger charge is -2.17. The molecule has 0 aliphatic heterocycles. The third-order valence-corrected chi connectivity index (χ3v) is 5.67. The van der Waals surface area contributed by atoms with Crippen molar-refractivity contribution in [2.75, 3.05) is 11.9 Å². The lowest BCUT2D eigenvalue weighted by molar-refractivity contribution is 0.538. The van der Waals surface area contributed by atoms with E-state index in [4.69, 9.17) is 0 Å². The Morgan fingerprint density at radius 2 is 2.03 bits per heavy atom. The third-order valence-electron chi connectivity index (χ3n) is 5.67. The summed E-state index contributed by atoms with van der Waals surface area (Å²) in [5.41, 5.74) is 6.55. The van der Waals surface area contributed by atoms with Crippen LogP contribution in [0.4, 0.5) is 10.1 Å². The molecule has 0 bridgehead atoms. The van der Waals surface area contributed by atoms with Gasteiger partial charge in [-0.05, 0) is 80.5 Å². The topological polar surface area (TPSA) is 40.7 Å². The van der Waals surface area contributed by atoms with E-state index in [0.29, 0.717) is 0 Å². The average molecular weight is 390 g/mol. The van der Waals surface area contributed by atoms with Crippen LogP contribution in [0.2, 0.25) is 0 Å². The molecule has 3 nitrogen and oxygen atoms in total. The Kier molecular flexibility index (Phi) is 5.79. The molecule has 0 amide bonds. The Morgan fingerprint density at radius 3 is 2.83 bits per heavy atom. The Balaban J connectivity index is 1.48. The Labute approximate surface area is 171 Å². The van der Waals surface area contributed by atoms with Gasteiger partial charge in [0.25, 0.3) is 0 Å². The number of rotatable bonds is 5. The predicted molar refractivity (Wildman–Crippen MR) is 119 cm³/mol. The molecule has 0 spiro atoms. The molecule has 0 saturated heterocycles. The molecule has 29 heavy (non-hydrogen) atoms. The summed E-state index contributed by atoms with van der Waals surface area (Å²) in [6.45, 7) is 5.32. The molecule has 1 aliphatic carbocycles. The Hall–Kier alpha value is -2.88. The van der Waals surface area contributed by atoms with Crippen LogP contribution in [-0.4, -0.2) is 16.5 Å². The zero-order valence-electron chi connectivity index (χ0n) is 17.1. The summed E-state index contributed by atoms with van der Waals surface area (Å²) in [5, 5.41) is 4.58. The van der Waals surface area contributed by atoms with Crippen molar-refractivity contribution in [1.29, 1.82) is 0 Å². The number of benzene rings is 1. The molecule has 0 fully saturated rings. The average Bonchev–Trinajstić information content (AvgIpc) is 3.13. The molecular weight excluding hydrogens is 361 g/mol. The number of allylic oxidation sites excluding steroid dienone is 3. The molecule has 4 heteroatoms. The number of aromatic amines is 1. The van der Waals surface area contributed by atoms with Gasteiger partial charge in [0.05, 0.1) is 11.9 Å². The van der Waals surface area contributed by atoms with E-state index in [-0.39, 0.29) is 5.82 Å². The molecule has 1 aromatic carbocycles. The molecule has 1 unspecified atom stereocenters. The summed E-state index contributed by atoms with van der Waals surface area (Å²) < 4.78 is 13.2. The van der Waals surface area contributed by atoms with Gasteiger partial charge in [0.1, 0.15) is 11.5 Å². The first-order valence-electron chi connectivity index (χ1n) is 10.5. The van der Waals surface area contributed by atoms with Gasteiger partial charge in [-0.2, -0.15) is 0 Å². The summed E-state index contributed by atoms with van der Waals surface area (Å²) in [4.78, 5) is 7.87. The number of halogens is 1. The van der Waals surface area contributed by atoms with E-state index in [1.165, 1.54) is 42.5 Å². The van der Waals surface area contributed by atoms with Crippen molar-refractivity contribution < 1.29 is 4.39 Å². The number of hydrogen-bond donors (Lipinski definition) is 2. The van der Waals surface area contributed by atoms with Gasteiger partial charge < -0.3 is 10.3 Å². The van der Waals surface area contributed by atoms with Gasteiger partial charge >= 0.3 is 0 Å². The SMILES string of the molecule is CCC1C=C(C)C=C(CNc2cnc3[nH]c(-c4ccc(F)cc4)cc3c2)CCC1. The van der Waals surface area contributed by atoms with Crippen LogP contribution >= 0.6 is 0 Å². The minimum Gasteiger partial charge on any atom is -0.380 e. The van der Waals surface area contributed by atoms with E-state index in [1.807, 2.05) is 6.20 Å². The van der Waals surface area contributed by atoms with Crippen molar-refractivity contribution in [3.05, 3.63) is 71.7 Å². The monoisotopic (exact) mass is 389 g/mol. The highest BCUT2D eigenvalue weighted by atomic mass is 19.1. The Bertz CT molecular complexity index is 1040. The zero-order chi connectivity index (χ0) is 20.2. The molecule has 2 heterocycles. The molecule has 4 rings (SSSR count). The Morgan fingerprint density at radius 1 is 1.21 bits per heavy atom. The second-order valence-electron chi connectivity index (χ2n) is 7.98. The number of nitrogens with one attached hydrogen (secondary N) is 2. The molecule has 2 N–H and O–H groups in total. The number of H-pyrrole nitrogens is 1. The molecule has 0 radical (unpaired) electrons. The normalized spacial score (nSPS) is 17.4. The standard InChI is InChI=1S/C25H28FN3/c1-3-18-5-4-6-19(12-17(2)11-18)15-27-23-13-21-14-24(29-25(21)28-16-23)20-7-9-22(26)10-8-20/h7-14,16,18,27H,3-6,15H2,1-2H3,(H,28,29). The van der Waals surface area contributed by atoms with Crippen molar-refractivity contribution in [2.45, 2.75) is 39.5 Å². The zero-order valence-corrected chi connectivity index (χ0v) is 17.1. The number of aromatic nitrogens is 2. The van der Waals surface area contributed by atoms with Crippen LogP contribution in [-0.2, 0) is 0 Å². The lowest BCUT2D eigenvalue weighted by atomic mass is 9.91. The van der Waals surface area contributed by atoms with E-state index < -0.39 is 0 Å². The van der Waals surface area contributed by atoms with Crippen molar-refractivity contribution in [2.24, 2.45) is 5.92 Å². The van der Waals surface area contributed by atoms with E-state index in [1.54, 1.807) is 12.1 Å². The highest BCUT2D eigenvalue weighted by molar-refractivity contribution is 5.85. The fourth-order valence-electron chi connectivity index (χ4n) is 4.06. The van der Waals surface area contributed by atoms with Crippen LogP contribution in [0.1, 0.15) is 39.5 Å². The number of anilines is 1. The van der Waals surface area contributed by atoms with Crippen LogP contribution in [0.25, 0.3) is 22.3 Å². The second kappa shape index (κ2) is 8.64. The second-order valence-corrected chi connectivity index (χ2v) is 7.98. The number of nitrogens with zero attached hydrogens (tertiary/aromatic N) is 1. The van der Waals surface area contributed by atoms with Gasteiger partial charge in [0.2, 0.25) is 0 Å². The molecule has 150 valence electrons. The summed E-state index contributed by atoms with van der Waals surface area (Å²) in [6.07, 6.45) is 11.5. The van der Waals surface area contributed by atoms with Crippen LogP contribution in [0, 0.1) is 11.7 Å². The predicted octanol–water partition coefficient (Wildman–Crippen LogP) is 6.86. The minimum absolute atomic E-state index is 0.228. The lowest BCUT2D eigenvalue weighted by Crippen LogP contribution is -2.08. The van der Waals surface area contributed by atoms with Gasteiger partial charge in [0.15, 0.2) is 0 Å². The third kappa shape index (κ3) is 4.76. The van der Waals surface area contributed by atoms with Gasteiger partial charge in [0, 0.05) is 17.6 Å². The van der Waals surface area contributed by atoms with Gasteiger partial charge in [-0.15, -0.1) is 0 Å². The van der Waals surface area contributed by atoms with E-state index >= 15 is 0 Å². The van der Waals surface area contributed by atoms with Gasteiger partial charge in [-0.3, -0.25) is 0 Å². The highest BCUT2D eigenvalue weighted by Gasteiger charge is 2.10. The first kappa shape index (κ1) is 19.4. The quantitative estimate of drug-likeness (QED) is 0.500. The summed E-state index contributed by atoms with van der Waals surface area (Å²) in [6, 6.07) is 10.7. The van der Waals surface area contributed by atoms with E-state index in [2.05, 4.69) is 53.4 Å².